The summed E-state index contributed by atoms with van der Waals surface area (Å²) in [6.45, 7) is 2.05. The van der Waals surface area contributed by atoms with Gasteiger partial charge in [-0.15, -0.1) is 24.0 Å². The minimum Gasteiger partial charge on any atom is -0.356 e. The van der Waals surface area contributed by atoms with Crippen LogP contribution in [0.2, 0.25) is 0 Å². The fraction of sp³-hybridized carbons (Fsp3) is 0.333. The maximum atomic E-state index is 13.5. The molecule has 18 heavy (non-hydrogen) atoms. The first-order valence-electron chi connectivity index (χ1n) is 5.50. The zero-order valence-electron chi connectivity index (χ0n) is 9.74. The molecule has 1 aromatic carbocycles. The number of guanidine groups is 1. The van der Waals surface area contributed by atoms with E-state index in [-0.39, 0.29) is 29.8 Å². The second kappa shape index (κ2) is 7.16. The molecular weight excluding hydrogens is 346 g/mol. The molecule has 0 bridgehead atoms. The summed E-state index contributed by atoms with van der Waals surface area (Å²) >= 11 is 0. The van der Waals surface area contributed by atoms with Crippen molar-refractivity contribution in [1.82, 2.24) is 10.6 Å². The Bertz CT molecular complexity index is 481. The summed E-state index contributed by atoms with van der Waals surface area (Å²) in [7, 11) is 0. The van der Waals surface area contributed by atoms with Crippen molar-refractivity contribution >= 4 is 29.9 Å². The van der Waals surface area contributed by atoms with E-state index in [2.05, 4.69) is 15.6 Å². The normalized spacial score (nSPS) is 13.7. The van der Waals surface area contributed by atoms with Gasteiger partial charge in [-0.3, -0.25) is 4.99 Å². The van der Waals surface area contributed by atoms with Crippen LogP contribution >= 0.6 is 24.0 Å². The second-order valence-electron chi connectivity index (χ2n) is 3.78. The predicted octanol–water partition coefficient (Wildman–Crippen LogP) is 1.75. The smallest absolute Gasteiger partial charge is 0.191 e. The first kappa shape index (κ1) is 14.7. The van der Waals surface area contributed by atoms with Gasteiger partial charge in [0.25, 0.3) is 0 Å². The molecule has 0 saturated heterocycles. The number of hydrogen-bond donors (Lipinski definition) is 2. The molecular formula is C12H14FIN4. The Morgan fingerprint density at radius 1 is 1.50 bits per heavy atom. The van der Waals surface area contributed by atoms with E-state index < -0.39 is 0 Å². The van der Waals surface area contributed by atoms with Crippen LogP contribution in [0.5, 0.6) is 0 Å². The second-order valence-corrected chi connectivity index (χ2v) is 3.78. The Labute approximate surface area is 122 Å². The zero-order valence-corrected chi connectivity index (χ0v) is 12.1. The topological polar surface area (TPSA) is 60.2 Å². The van der Waals surface area contributed by atoms with Crippen molar-refractivity contribution in [2.75, 3.05) is 13.1 Å². The van der Waals surface area contributed by atoms with E-state index in [9.17, 15) is 4.39 Å². The van der Waals surface area contributed by atoms with Gasteiger partial charge >= 0.3 is 0 Å². The van der Waals surface area contributed by atoms with E-state index in [1.165, 1.54) is 6.07 Å². The van der Waals surface area contributed by atoms with Gasteiger partial charge in [-0.2, -0.15) is 5.26 Å². The lowest BCUT2D eigenvalue weighted by atomic mass is 10.1. The van der Waals surface area contributed by atoms with E-state index in [1.807, 2.05) is 6.07 Å². The molecule has 0 spiro atoms. The van der Waals surface area contributed by atoms with E-state index in [4.69, 9.17) is 5.26 Å². The van der Waals surface area contributed by atoms with Crippen molar-refractivity contribution in [3.8, 4) is 6.07 Å². The summed E-state index contributed by atoms with van der Waals surface area (Å²) in [4.78, 5) is 4.23. The highest BCUT2D eigenvalue weighted by atomic mass is 127. The Morgan fingerprint density at radius 3 is 2.94 bits per heavy atom. The average molecular weight is 360 g/mol. The van der Waals surface area contributed by atoms with Crippen LogP contribution in [0.3, 0.4) is 0 Å². The monoisotopic (exact) mass is 360 g/mol. The number of nitrogens with zero attached hydrogens (tertiary/aromatic N) is 2. The lowest BCUT2D eigenvalue weighted by Gasteiger charge is -2.16. The third-order valence-electron chi connectivity index (χ3n) is 2.53. The Balaban J connectivity index is 0.00000162. The standard InChI is InChI=1S/C12H13FN4.HI/c13-11-6-9(7-14)2-3-10(11)8-17-12-15-4-1-5-16-12;/h2-3,6H,1,4-5,8H2,(H2,15,16,17);1H. The molecule has 0 saturated carbocycles. The van der Waals surface area contributed by atoms with Gasteiger partial charge in [0, 0.05) is 25.2 Å². The number of aliphatic imine (C=N–C) groups is 1. The first-order valence-corrected chi connectivity index (χ1v) is 5.50. The van der Waals surface area contributed by atoms with Gasteiger partial charge in [-0.05, 0) is 18.6 Å². The summed E-state index contributed by atoms with van der Waals surface area (Å²) < 4.78 is 13.5. The van der Waals surface area contributed by atoms with Gasteiger partial charge in [-0.25, -0.2) is 4.39 Å². The fourth-order valence-corrected chi connectivity index (χ4v) is 1.59. The maximum absolute atomic E-state index is 13.5. The van der Waals surface area contributed by atoms with Crippen LogP contribution in [0.4, 0.5) is 4.39 Å². The molecule has 1 aromatic rings. The molecule has 1 aliphatic rings. The van der Waals surface area contributed by atoms with Crippen molar-refractivity contribution < 1.29 is 4.39 Å². The van der Waals surface area contributed by atoms with Crippen LogP contribution in [-0.4, -0.2) is 19.0 Å². The number of nitriles is 1. The quantitative estimate of drug-likeness (QED) is 0.791. The molecule has 0 fully saturated rings. The molecule has 0 unspecified atom stereocenters. The lowest BCUT2D eigenvalue weighted by Crippen LogP contribution is -2.40. The molecule has 0 aliphatic carbocycles. The van der Waals surface area contributed by atoms with E-state index in [1.54, 1.807) is 12.1 Å². The van der Waals surface area contributed by atoms with Crippen LogP contribution < -0.4 is 10.6 Å². The Hall–Kier alpha value is -1.36. The Morgan fingerprint density at radius 2 is 2.33 bits per heavy atom. The van der Waals surface area contributed by atoms with Crippen molar-refractivity contribution in [1.29, 1.82) is 5.26 Å². The molecule has 0 atom stereocenters. The SMILES string of the molecule is I.N#Cc1ccc(CNC2=NCCCN2)c(F)c1. The summed E-state index contributed by atoms with van der Waals surface area (Å²) in [5, 5.41) is 14.8. The van der Waals surface area contributed by atoms with Gasteiger partial charge in [0.15, 0.2) is 5.96 Å². The van der Waals surface area contributed by atoms with Crippen LogP contribution in [0.15, 0.2) is 23.2 Å². The van der Waals surface area contributed by atoms with Crippen LogP contribution in [0.25, 0.3) is 0 Å². The molecule has 0 aromatic heterocycles. The minimum atomic E-state index is -0.368. The highest BCUT2D eigenvalue weighted by molar-refractivity contribution is 14.0. The summed E-state index contributed by atoms with van der Waals surface area (Å²) in [6.07, 6.45) is 1.02. The largest absolute Gasteiger partial charge is 0.356 e. The van der Waals surface area contributed by atoms with Gasteiger partial charge in [0.05, 0.1) is 11.6 Å². The van der Waals surface area contributed by atoms with Crippen LogP contribution in [0.1, 0.15) is 17.5 Å². The predicted molar refractivity (Wildman–Crippen MR) is 78.3 cm³/mol. The number of nitrogens with one attached hydrogen (secondary N) is 2. The first-order chi connectivity index (χ1) is 8.29. The van der Waals surface area contributed by atoms with Crippen molar-refractivity contribution in [2.24, 2.45) is 4.99 Å². The molecule has 0 amide bonds. The highest BCUT2D eigenvalue weighted by Crippen LogP contribution is 2.09. The molecule has 1 heterocycles. The molecule has 2 rings (SSSR count). The minimum absolute atomic E-state index is 0. The van der Waals surface area contributed by atoms with E-state index in [0.29, 0.717) is 23.6 Å². The summed E-state index contributed by atoms with van der Waals surface area (Å²) in [5.41, 5.74) is 0.860. The van der Waals surface area contributed by atoms with Crippen molar-refractivity contribution in [3.63, 3.8) is 0 Å². The molecule has 6 heteroatoms. The number of benzene rings is 1. The van der Waals surface area contributed by atoms with Gasteiger partial charge in [0.2, 0.25) is 0 Å². The highest BCUT2D eigenvalue weighted by Gasteiger charge is 2.06. The molecule has 0 radical (unpaired) electrons. The summed E-state index contributed by atoms with van der Waals surface area (Å²) in [5.74, 6) is 0.341. The molecule has 1 aliphatic heterocycles. The van der Waals surface area contributed by atoms with Gasteiger partial charge in [0.1, 0.15) is 5.82 Å². The van der Waals surface area contributed by atoms with Crippen LogP contribution in [0, 0.1) is 17.1 Å². The zero-order chi connectivity index (χ0) is 12.1. The average Bonchev–Trinajstić information content (AvgIpc) is 2.38. The van der Waals surface area contributed by atoms with E-state index in [0.717, 1.165) is 19.5 Å². The third-order valence-corrected chi connectivity index (χ3v) is 2.53. The fourth-order valence-electron chi connectivity index (χ4n) is 1.59. The summed E-state index contributed by atoms with van der Waals surface area (Å²) in [6, 6.07) is 6.37. The third kappa shape index (κ3) is 3.84. The lowest BCUT2D eigenvalue weighted by molar-refractivity contribution is 0.602. The number of halogens is 2. The van der Waals surface area contributed by atoms with Crippen molar-refractivity contribution in [2.45, 2.75) is 13.0 Å². The van der Waals surface area contributed by atoms with Crippen LogP contribution in [-0.2, 0) is 6.54 Å². The van der Waals surface area contributed by atoms with Crippen molar-refractivity contribution in [3.05, 3.63) is 35.1 Å². The van der Waals surface area contributed by atoms with E-state index >= 15 is 0 Å². The molecule has 96 valence electrons. The number of rotatable bonds is 2. The molecule has 4 nitrogen and oxygen atoms in total. The Kier molecular flexibility index (Phi) is 5.85. The van der Waals surface area contributed by atoms with Gasteiger partial charge in [-0.1, -0.05) is 6.07 Å². The maximum Gasteiger partial charge on any atom is 0.191 e. The number of hydrogen-bond acceptors (Lipinski definition) is 4. The molecule has 2 N–H and O–H groups in total. The van der Waals surface area contributed by atoms with Gasteiger partial charge < -0.3 is 10.6 Å².